The Kier molecular flexibility index (Phi) is 6.02. The molecule has 20 heavy (non-hydrogen) atoms. The summed E-state index contributed by atoms with van der Waals surface area (Å²) in [5, 5.41) is 2.94. The van der Waals surface area contributed by atoms with Crippen LogP contribution in [0.2, 0.25) is 0 Å². The minimum absolute atomic E-state index is 0.000827. The largest absolute Gasteiger partial charge is 0.381 e. The van der Waals surface area contributed by atoms with Crippen LogP contribution in [-0.4, -0.2) is 32.2 Å². The molecule has 0 aromatic heterocycles. The lowest BCUT2D eigenvalue weighted by Gasteiger charge is -2.15. The number of ether oxygens (including phenoxy) is 1. The molecule has 1 aromatic carbocycles. The van der Waals surface area contributed by atoms with E-state index in [-0.39, 0.29) is 11.8 Å². The molecule has 0 aliphatic heterocycles. The van der Waals surface area contributed by atoms with E-state index in [0.717, 1.165) is 31.1 Å². The van der Waals surface area contributed by atoms with E-state index in [4.69, 9.17) is 10.5 Å². The van der Waals surface area contributed by atoms with Crippen LogP contribution in [-0.2, 0) is 9.53 Å². The molecule has 110 valence electrons. The number of carbonyl (C=O) groups is 1. The van der Waals surface area contributed by atoms with E-state index in [2.05, 4.69) is 5.32 Å². The third-order valence-electron chi connectivity index (χ3n) is 3.57. The van der Waals surface area contributed by atoms with Gasteiger partial charge in [-0.15, -0.1) is 0 Å². The van der Waals surface area contributed by atoms with Crippen molar-refractivity contribution in [3.63, 3.8) is 0 Å². The zero-order valence-electron chi connectivity index (χ0n) is 11.9. The summed E-state index contributed by atoms with van der Waals surface area (Å²) in [4.78, 5) is 12.1. The topological polar surface area (TPSA) is 64.4 Å². The van der Waals surface area contributed by atoms with Crippen LogP contribution >= 0.6 is 0 Å². The Hall–Kier alpha value is -1.39. The zero-order chi connectivity index (χ0) is 14.2. The maximum Gasteiger partial charge on any atom is 0.228 e. The Morgan fingerprint density at radius 3 is 2.75 bits per heavy atom. The van der Waals surface area contributed by atoms with Crippen LogP contribution in [0.1, 0.15) is 30.7 Å². The van der Waals surface area contributed by atoms with Crippen LogP contribution < -0.4 is 11.1 Å². The first-order valence-corrected chi connectivity index (χ1v) is 7.41. The smallest absolute Gasteiger partial charge is 0.228 e. The van der Waals surface area contributed by atoms with Crippen molar-refractivity contribution in [1.82, 2.24) is 5.32 Å². The van der Waals surface area contributed by atoms with Gasteiger partial charge in [0.15, 0.2) is 0 Å². The lowest BCUT2D eigenvalue weighted by atomic mass is 9.98. The molecule has 3 N–H and O–H groups in total. The summed E-state index contributed by atoms with van der Waals surface area (Å²) < 4.78 is 5.53. The molecule has 2 rings (SSSR count). The first-order valence-electron chi connectivity index (χ1n) is 7.41. The summed E-state index contributed by atoms with van der Waals surface area (Å²) >= 11 is 0. The molecule has 0 saturated heterocycles. The molecule has 1 aliphatic rings. The third kappa shape index (κ3) is 4.94. The standard InChI is InChI=1S/C16H24N2O2/c17-11-15(14-5-2-1-3-6-14)16(19)18-9-4-10-20-12-13-7-8-13/h1-3,5-6,13,15H,4,7-12,17H2,(H,18,19). The molecule has 1 saturated carbocycles. The average Bonchev–Trinajstić information content (AvgIpc) is 3.29. The quantitative estimate of drug-likeness (QED) is 0.674. The van der Waals surface area contributed by atoms with Crippen LogP contribution in [0.25, 0.3) is 0 Å². The number of nitrogens with two attached hydrogens (primary N) is 1. The Balaban J connectivity index is 1.64. The second-order valence-corrected chi connectivity index (χ2v) is 5.36. The molecule has 1 amide bonds. The lowest BCUT2D eigenvalue weighted by Crippen LogP contribution is -2.34. The van der Waals surface area contributed by atoms with E-state index in [9.17, 15) is 4.79 Å². The van der Waals surface area contributed by atoms with Gasteiger partial charge in [0.25, 0.3) is 0 Å². The van der Waals surface area contributed by atoms with Crippen LogP contribution in [0.3, 0.4) is 0 Å². The van der Waals surface area contributed by atoms with Gasteiger partial charge in [-0.2, -0.15) is 0 Å². The van der Waals surface area contributed by atoms with Gasteiger partial charge in [-0.1, -0.05) is 30.3 Å². The second-order valence-electron chi connectivity index (χ2n) is 5.36. The maximum absolute atomic E-state index is 12.1. The molecule has 1 fully saturated rings. The van der Waals surface area contributed by atoms with Crippen molar-refractivity contribution in [2.75, 3.05) is 26.3 Å². The number of amides is 1. The minimum Gasteiger partial charge on any atom is -0.381 e. The van der Waals surface area contributed by atoms with Crippen LogP contribution in [0.15, 0.2) is 30.3 Å². The Morgan fingerprint density at radius 1 is 1.35 bits per heavy atom. The van der Waals surface area contributed by atoms with Gasteiger partial charge < -0.3 is 15.8 Å². The van der Waals surface area contributed by atoms with E-state index in [0.29, 0.717) is 13.1 Å². The fourth-order valence-corrected chi connectivity index (χ4v) is 2.12. The predicted molar refractivity (Wildman–Crippen MR) is 79.4 cm³/mol. The summed E-state index contributed by atoms with van der Waals surface area (Å²) in [7, 11) is 0. The summed E-state index contributed by atoms with van der Waals surface area (Å²) in [6, 6.07) is 9.67. The molecule has 0 bridgehead atoms. The monoisotopic (exact) mass is 276 g/mol. The first-order chi connectivity index (χ1) is 9.81. The average molecular weight is 276 g/mol. The normalized spacial score (nSPS) is 15.8. The number of rotatable bonds is 9. The highest BCUT2D eigenvalue weighted by Gasteiger charge is 2.21. The van der Waals surface area contributed by atoms with Gasteiger partial charge >= 0.3 is 0 Å². The highest BCUT2D eigenvalue weighted by atomic mass is 16.5. The van der Waals surface area contributed by atoms with Gasteiger partial charge in [-0.05, 0) is 30.7 Å². The van der Waals surface area contributed by atoms with Crippen molar-refractivity contribution in [3.8, 4) is 0 Å². The number of benzene rings is 1. The lowest BCUT2D eigenvalue weighted by molar-refractivity contribution is -0.122. The molecule has 1 aliphatic carbocycles. The predicted octanol–water partition coefficient (Wildman–Crippen LogP) is 1.66. The van der Waals surface area contributed by atoms with E-state index in [1.165, 1.54) is 12.8 Å². The SMILES string of the molecule is NCC(C(=O)NCCCOCC1CC1)c1ccccc1. The molecular formula is C16H24N2O2. The van der Waals surface area contributed by atoms with Gasteiger partial charge in [-0.25, -0.2) is 0 Å². The first kappa shape index (κ1) is 15.0. The molecule has 4 nitrogen and oxygen atoms in total. The van der Waals surface area contributed by atoms with E-state index in [1.54, 1.807) is 0 Å². The molecule has 0 heterocycles. The fraction of sp³-hybridized carbons (Fsp3) is 0.562. The van der Waals surface area contributed by atoms with Gasteiger partial charge in [0, 0.05) is 26.3 Å². The van der Waals surface area contributed by atoms with Crippen molar-refractivity contribution < 1.29 is 9.53 Å². The van der Waals surface area contributed by atoms with Crippen molar-refractivity contribution in [1.29, 1.82) is 0 Å². The van der Waals surface area contributed by atoms with E-state index in [1.807, 2.05) is 30.3 Å². The highest BCUT2D eigenvalue weighted by Crippen LogP contribution is 2.28. The van der Waals surface area contributed by atoms with Crippen molar-refractivity contribution >= 4 is 5.91 Å². The van der Waals surface area contributed by atoms with Crippen molar-refractivity contribution in [2.24, 2.45) is 11.7 Å². The number of nitrogens with one attached hydrogen (secondary N) is 1. The zero-order valence-corrected chi connectivity index (χ0v) is 11.9. The Morgan fingerprint density at radius 2 is 2.10 bits per heavy atom. The Bertz CT molecular complexity index is 404. The summed E-state index contributed by atoms with van der Waals surface area (Å²) in [5.74, 6) is 0.536. The van der Waals surface area contributed by atoms with E-state index < -0.39 is 0 Å². The van der Waals surface area contributed by atoms with Crippen molar-refractivity contribution in [2.45, 2.75) is 25.2 Å². The van der Waals surface area contributed by atoms with Crippen molar-refractivity contribution in [3.05, 3.63) is 35.9 Å². The summed E-state index contributed by atoms with van der Waals surface area (Å²) in [6.07, 6.45) is 3.47. The molecular weight excluding hydrogens is 252 g/mol. The molecule has 1 aromatic rings. The molecule has 0 spiro atoms. The van der Waals surface area contributed by atoms with Crippen LogP contribution in [0.5, 0.6) is 0 Å². The highest BCUT2D eigenvalue weighted by molar-refractivity contribution is 5.83. The van der Waals surface area contributed by atoms with Crippen LogP contribution in [0, 0.1) is 5.92 Å². The molecule has 1 atom stereocenters. The minimum atomic E-state index is -0.261. The third-order valence-corrected chi connectivity index (χ3v) is 3.57. The molecule has 4 heteroatoms. The second kappa shape index (κ2) is 8.02. The van der Waals surface area contributed by atoms with Crippen LogP contribution in [0.4, 0.5) is 0 Å². The summed E-state index contributed by atoms with van der Waals surface area (Å²) in [6.45, 7) is 2.57. The molecule has 1 unspecified atom stereocenters. The maximum atomic E-state index is 12.1. The summed E-state index contributed by atoms with van der Waals surface area (Å²) in [5.41, 5.74) is 6.68. The van der Waals surface area contributed by atoms with Gasteiger partial charge in [0.2, 0.25) is 5.91 Å². The Labute approximate surface area is 120 Å². The number of carbonyl (C=O) groups excluding carboxylic acids is 1. The fourth-order valence-electron chi connectivity index (χ4n) is 2.12. The molecule has 0 radical (unpaired) electrons. The van der Waals surface area contributed by atoms with Gasteiger partial charge in [-0.3, -0.25) is 4.79 Å². The van der Waals surface area contributed by atoms with E-state index >= 15 is 0 Å². The number of hydrogen-bond acceptors (Lipinski definition) is 3. The number of hydrogen-bond donors (Lipinski definition) is 2. The van der Waals surface area contributed by atoms with Gasteiger partial charge in [0.1, 0.15) is 0 Å². The van der Waals surface area contributed by atoms with Gasteiger partial charge in [0.05, 0.1) is 5.92 Å².